The topological polar surface area (TPSA) is 63.7 Å². The van der Waals surface area contributed by atoms with Crippen LogP contribution in [0.5, 0.6) is 0 Å². The van der Waals surface area contributed by atoms with Crippen LogP contribution in [-0.2, 0) is 11.3 Å². The zero-order valence-electron chi connectivity index (χ0n) is 16.5. The van der Waals surface area contributed by atoms with E-state index in [2.05, 4.69) is 9.88 Å². The van der Waals surface area contributed by atoms with E-state index in [-0.39, 0.29) is 11.9 Å². The third kappa shape index (κ3) is 4.83. The van der Waals surface area contributed by atoms with Gasteiger partial charge in [-0.25, -0.2) is 4.98 Å². The summed E-state index contributed by atoms with van der Waals surface area (Å²) in [6.45, 7) is 6.27. The molecule has 4 heterocycles. The third-order valence-electron chi connectivity index (χ3n) is 5.73. The Kier molecular flexibility index (Phi) is 6.44. The molecule has 152 valence electrons. The first-order valence-electron chi connectivity index (χ1n) is 10.4. The summed E-state index contributed by atoms with van der Waals surface area (Å²) >= 11 is 0. The number of aromatic nitrogens is 2. The van der Waals surface area contributed by atoms with E-state index in [0.717, 1.165) is 51.3 Å². The third-order valence-corrected chi connectivity index (χ3v) is 5.73. The van der Waals surface area contributed by atoms with Crippen molar-refractivity contribution in [3.63, 3.8) is 0 Å². The molecule has 0 radical (unpaired) electrons. The quantitative estimate of drug-likeness (QED) is 0.698. The van der Waals surface area contributed by atoms with E-state index in [0.29, 0.717) is 12.3 Å². The van der Waals surface area contributed by atoms with Crippen molar-refractivity contribution in [1.29, 1.82) is 0 Å². The zero-order chi connectivity index (χ0) is 19.2. The Morgan fingerprint density at radius 3 is 2.79 bits per heavy atom. The summed E-state index contributed by atoms with van der Waals surface area (Å²) in [6.07, 6.45) is 10.8. The molecule has 0 spiro atoms. The molecule has 0 aliphatic carbocycles. The first kappa shape index (κ1) is 19.2. The predicted octanol–water partition coefficient (Wildman–Crippen LogP) is 2.63. The largest absolute Gasteiger partial charge is 0.454 e. The highest BCUT2D eigenvalue weighted by Gasteiger charge is 2.28. The minimum absolute atomic E-state index is 0.00482. The van der Waals surface area contributed by atoms with Crippen molar-refractivity contribution in [2.75, 3.05) is 39.4 Å². The molecule has 2 fully saturated rings. The molecule has 2 aromatic heterocycles. The molecular formula is C21H30N4O3. The number of furan rings is 1. The van der Waals surface area contributed by atoms with Crippen molar-refractivity contribution in [2.24, 2.45) is 0 Å². The number of likely N-dealkylation sites (tertiary alicyclic amines) is 1. The number of nitrogens with zero attached hydrogens (tertiary/aromatic N) is 4. The Labute approximate surface area is 166 Å². The Hall–Kier alpha value is -2.12. The van der Waals surface area contributed by atoms with Gasteiger partial charge in [-0.15, -0.1) is 0 Å². The van der Waals surface area contributed by atoms with Crippen molar-refractivity contribution in [3.8, 4) is 0 Å². The normalized spacial score (nSPS) is 18.6. The fraction of sp³-hybridized carbons (Fsp3) is 0.619. The Morgan fingerprint density at radius 2 is 2.04 bits per heavy atom. The number of ether oxygens (including phenoxy) is 1. The van der Waals surface area contributed by atoms with Crippen molar-refractivity contribution >= 4 is 5.91 Å². The molecule has 7 nitrogen and oxygen atoms in total. The SMILES string of the molecule is O=C(c1ccc(Cn2ccnc2)o1)N(CCCN1CCCC1)C1CCOCC1. The lowest BCUT2D eigenvalue weighted by Gasteiger charge is -2.34. The number of carbonyl (C=O) groups is 1. The minimum atomic E-state index is 0.00482. The summed E-state index contributed by atoms with van der Waals surface area (Å²) in [5, 5.41) is 0. The lowest BCUT2D eigenvalue weighted by Crippen LogP contribution is -2.44. The molecule has 0 aromatic carbocycles. The second kappa shape index (κ2) is 9.39. The van der Waals surface area contributed by atoms with Crippen molar-refractivity contribution in [3.05, 3.63) is 42.4 Å². The number of amides is 1. The van der Waals surface area contributed by atoms with Gasteiger partial charge in [0.1, 0.15) is 5.76 Å². The maximum atomic E-state index is 13.2. The lowest BCUT2D eigenvalue weighted by molar-refractivity contribution is 0.0263. The Balaban J connectivity index is 1.40. The van der Waals surface area contributed by atoms with E-state index in [1.807, 2.05) is 21.7 Å². The molecule has 0 saturated carbocycles. The molecule has 0 atom stereocenters. The predicted molar refractivity (Wildman–Crippen MR) is 105 cm³/mol. The number of carbonyl (C=O) groups excluding carboxylic acids is 1. The van der Waals surface area contributed by atoms with Crippen LogP contribution in [0.15, 0.2) is 35.3 Å². The Morgan fingerprint density at radius 1 is 1.21 bits per heavy atom. The zero-order valence-corrected chi connectivity index (χ0v) is 16.5. The molecule has 2 saturated heterocycles. The second-order valence-electron chi connectivity index (χ2n) is 7.75. The van der Waals surface area contributed by atoms with Gasteiger partial charge in [0.2, 0.25) is 0 Å². The van der Waals surface area contributed by atoms with Gasteiger partial charge < -0.3 is 23.5 Å². The molecule has 4 rings (SSSR count). The van der Waals surface area contributed by atoms with Crippen LogP contribution in [0.4, 0.5) is 0 Å². The van der Waals surface area contributed by atoms with Gasteiger partial charge in [0.15, 0.2) is 5.76 Å². The van der Waals surface area contributed by atoms with Gasteiger partial charge in [0.05, 0.1) is 12.9 Å². The summed E-state index contributed by atoms with van der Waals surface area (Å²) in [6, 6.07) is 3.93. The molecular weight excluding hydrogens is 356 g/mol. The van der Waals surface area contributed by atoms with E-state index in [1.54, 1.807) is 18.6 Å². The van der Waals surface area contributed by atoms with E-state index < -0.39 is 0 Å². The molecule has 28 heavy (non-hydrogen) atoms. The molecule has 2 aliphatic heterocycles. The number of hydrogen-bond acceptors (Lipinski definition) is 5. The van der Waals surface area contributed by atoms with Crippen LogP contribution in [0.25, 0.3) is 0 Å². The Bertz CT molecular complexity index is 731. The molecule has 2 aromatic rings. The molecule has 1 amide bonds. The summed E-state index contributed by atoms with van der Waals surface area (Å²) in [5.74, 6) is 1.21. The molecule has 0 bridgehead atoms. The number of hydrogen-bond donors (Lipinski definition) is 0. The standard InChI is InChI=1S/C21H30N4O3/c26-21(20-5-4-19(28-20)16-24-13-8-22-17-24)25(18-6-14-27-15-7-18)12-3-11-23-9-1-2-10-23/h4-5,8,13,17-18H,1-3,6-7,9-12,14-16H2. The number of imidazole rings is 1. The van der Waals surface area contributed by atoms with E-state index in [9.17, 15) is 4.79 Å². The highest BCUT2D eigenvalue weighted by Crippen LogP contribution is 2.20. The van der Waals surface area contributed by atoms with Gasteiger partial charge in [0.25, 0.3) is 5.91 Å². The van der Waals surface area contributed by atoms with Gasteiger partial charge in [0, 0.05) is 38.2 Å². The first-order chi connectivity index (χ1) is 13.8. The van der Waals surface area contributed by atoms with Crippen molar-refractivity contribution in [2.45, 2.75) is 44.7 Å². The first-order valence-corrected chi connectivity index (χ1v) is 10.4. The van der Waals surface area contributed by atoms with Gasteiger partial charge in [-0.1, -0.05) is 0 Å². The van der Waals surface area contributed by atoms with Crippen LogP contribution < -0.4 is 0 Å². The maximum absolute atomic E-state index is 13.2. The fourth-order valence-electron chi connectivity index (χ4n) is 4.20. The van der Waals surface area contributed by atoms with Crippen LogP contribution in [0, 0.1) is 0 Å². The van der Waals surface area contributed by atoms with Crippen LogP contribution in [0.1, 0.15) is 48.4 Å². The lowest BCUT2D eigenvalue weighted by atomic mass is 10.1. The van der Waals surface area contributed by atoms with E-state index in [4.69, 9.17) is 9.15 Å². The van der Waals surface area contributed by atoms with Gasteiger partial charge in [-0.05, 0) is 63.9 Å². The molecule has 7 heteroatoms. The molecule has 0 N–H and O–H groups in total. The summed E-state index contributed by atoms with van der Waals surface area (Å²) in [5.41, 5.74) is 0. The van der Waals surface area contributed by atoms with Crippen LogP contribution in [-0.4, -0.2) is 70.7 Å². The van der Waals surface area contributed by atoms with Gasteiger partial charge in [-0.3, -0.25) is 4.79 Å². The molecule has 0 unspecified atom stereocenters. The monoisotopic (exact) mass is 386 g/mol. The van der Waals surface area contributed by atoms with E-state index >= 15 is 0 Å². The highest BCUT2D eigenvalue weighted by molar-refractivity contribution is 5.91. The van der Waals surface area contributed by atoms with Crippen molar-refractivity contribution in [1.82, 2.24) is 19.4 Å². The van der Waals surface area contributed by atoms with E-state index in [1.165, 1.54) is 25.9 Å². The summed E-state index contributed by atoms with van der Waals surface area (Å²) < 4.78 is 13.3. The summed E-state index contributed by atoms with van der Waals surface area (Å²) in [4.78, 5) is 21.8. The highest BCUT2D eigenvalue weighted by atomic mass is 16.5. The van der Waals surface area contributed by atoms with Crippen LogP contribution >= 0.6 is 0 Å². The molecule has 2 aliphatic rings. The van der Waals surface area contributed by atoms with Gasteiger partial charge in [-0.2, -0.15) is 0 Å². The second-order valence-corrected chi connectivity index (χ2v) is 7.75. The smallest absolute Gasteiger partial charge is 0.289 e. The van der Waals surface area contributed by atoms with Crippen LogP contribution in [0.3, 0.4) is 0 Å². The minimum Gasteiger partial charge on any atom is -0.454 e. The average Bonchev–Trinajstić information content (AvgIpc) is 3.49. The maximum Gasteiger partial charge on any atom is 0.289 e. The van der Waals surface area contributed by atoms with Crippen LogP contribution in [0.2, 0.25) is 0 Å². The van der Waals surface area contributed by atoms with Crippen molar-refractivity contribution < 1.29 is 13.9 Å². The number of rotatable bonds is 8. The fourth-order valence-corrected chi connectivity index (χ4v) is 4.20. The summed E-state index contributed by atoms with van der Waals surface area (Å²) in [7, 11) is 0. The average molecular weight is 386 g/mol. The van der Waals surface area contributed by atoms with Gasteiger partial charge >= 0.3 is 0 Å².